The molecule has 0 aliphatic carbocycles. The van der Waals surface area contributed by atoms with Crippen molar-refractivity contribution >= 4 is 16.0 Å². The Hall–Kier alpha value is -2.88. The lowest BCUT2D eigenvalue weighted by atomic mass is 10.0. The van der Waals surface area contributed by atoms with Crippen molar-refractivity contribution in [3.05, 3.63) is 60.7 Å². The van der Waals surface area contributed by atoms with Gasteiger partial charge in [0.25, 0.3) is 0 Å². The van der Waals surface area contributed by atoms with Crippen LogP contribution in [-0.4, -0.2) is 36.1 Å². The second kappa shape index (κ2) is 8.01. The molecule has 0 radical (unpaired) electrons. The molecular formula is C19H19FN4O3S. The highest BCUT2D eigenvalue weighted by Crippen LogP contribution is 2.31. The molecule has 1 aromatic heterocycles. The maximum atomic E-state index is 14.7. The van der Waals surface area contributed by atoms with Gasteiger partial charge in [-0.1, -0.05) is 30.3 Å². The van der Waals surface area contributed by atoms with Gasteiger partial charge in [-0.05, 0) is 24.6 Å². The number of hydrogen-bond acceptors (Lipinski definition) is 6. The summed E-state index contributed by atoms with van der Waals surface area (Å²) in [4.78, 5) is 7.70. The van der Waals surface area contributed by atoms with Crippen LogP contribution in [0.5, 0.6) is 0 Å². The minimum atomic E-state index is -3.90. The number of aliphatic hydroxyl groups excluding tert-OH is 1. The molecule has 0 spiro atoms. The largest absolute Gasteiger partial charge is 0.395 e. The first-order chi connectivity index (χ1) is 13.3. The normalized spacial score (nSPS) is 12.7. The molecule has 28 heavy (non-hydrogen) atoms. The van der Waals surface area contributed by atoms with E-state index in [-0.39, 0.29) is 23.0 Å². The van der Waals surface area contributed by atoms with E-state index < -0.39 is 21.9 Å². The highest BCUT2D eigenvalue weighted by molar-refractivity contribution is 7.89. The molecule has 4 N–H and O–H groups in total. The summed E-state index contributed by atoms with van der Waals surface area (Å²) in [6.45, 7) is 1.21. The summed E-state index contributed by atoms with van der Waals surface area (Å²) in [5, 5.41) is 9.13. The molecule has 146 valence electrons. The minimum absolute atomic E-state index is 0.00160. The summed E-state index contributed by atoms with van der Waals surface area (Å²) in [6.07, 6.45) is 2.83. The molecular weight excluding hydrogens is 383 g/mol. The summed E-state index contributed by atoms with van der Waals surface area (Å²) >= 11 is 0. The van der Waals surface area contributed by atoms with E-state index in [1.54, 1.807) is 31.2 Å². The Morgan fingerprint density at radius 2 is 1.79 bits per heavy atom. The number of aromatic nitrogens is 2. The number of rotatable bonds is 6. The van der Waals surface area contributed by atoms with Crippen LogP contribution in [0.15, 0.2) is 59.8 Å². The number of halogens is 1. The van der Waals surface area contributed by atoms with Crippen LogP contribution in [0.1, 0.15) is 6.92 Å². The van der Waals surface area contributed by atoms with Gasteiger partial charge >= 0.3 is 0 Å². The topological polar surface area (TPSA) is 118 Å². The zero-order chi connectivity index (χ0) is 20.3. The molecule has 0 bridgehead atoms. The molecule has 7 nitrogen and oxygen atoms in total. The van der Waals surface area contributed by atoms with E-state index in [2.05, 4.69) is 14.7 Å². The lowest BCUT2D eigenvalue weighted by molar-refractivity contribution is 0.265. The van der Waals surface area contributed by atoms with E-state index in [0.29, 0.717) is 16.7 Å². The van der Waals surface area contributed by atoms with Crippen molar-refractivity contribution in [3.63, 3.8) is 0 Å². The quantitative estimate of drug-likeness (QED) is 0.582. The smallest absolute Gasteiger partial charge is 0.241 e. The van der Waals surface area contributed by atoms with Crippen molar-refractivity contribution in [2.75, 3.05) is 12.3 Å². The molecule has 1 heterocycles. The van der Waals surface area contributed by atoms with Crippen molar-refractivity contribution in [3.8, 4) is 22.3 Å². The molecule has 3 rings (SSSR count). The van der Waals surface area contributed by atoms with Gasteiger partial charge in [0.05, 0.1) is 11.5 Å². The molecule has 0 fully saturated rings. The first-order valence-corrected chi connectivity index (χ1v) is 9.90. The van der Waals surface area contributed by atoms with Crippen LogP contribution in [0, 0.1) is 5.82 Å². The fourth-order valence-corrected chi connectivity index (χ4v) is 4.16. The van der Waals surface area contributed by atoms with Crippen molar-refractivity contribution in [1.29, 1.82) is 0 Å². The van der Waals surface area contributed by atoms with E-state index in [1.807, 2.05) is 0 Å². The average Bonchev–Trinajstić information content (AvgIpc) is 2.68. The van der Waals surface area contributed by atoms with Gasteiger partial charge in [-0.15, -0.1) is 0 Å². The van der Waals surface area contributed by atoms with Crippen molar-refractivity contribution < 1.29 is 17.9 Å². The highest BCUT2D eigenvalue weighted by atomic mass is 32.2. The fraction of sp³-hybridized carbons (Fsp3) is 0.158. The summed E-state index contributed by atoms with van der Waals surface area (Å²) in [5.74, 6) is -0.459. The monoisotopic (exact) mass is 402 g/mol. The first kappa shape index (κ1) is 19.9. The maximum absolute atomic E-state index is 14.7. The van der Waals surface area contributed by atoms with Crippen LogP contribution >= 0.6 is 0 Å². The van der Waals surface area contributed by atoms with Crippen LogP contribution in [0.4, 0.5) is 10.3 Å². The van der Waals surface area contributed by atoms with Gasteiger partial charge < -0.3 is 10.8 Å². The average molecular weight is 402 g/mol. The Morgan fingerprint density at radius 1 is 1.11 bits per heavy atom. The Morgan fingerprint density at radius 3 is 2.43 bits per heavy atom. The molecule has 0 amide bonds. The number of hydrogen-bond donors (Lipinski definition) is 3. The number of nitrogens with zero attached hydrogens (tertiary/aromatic N) is 2. The standard InChI is InChI=1S/C19H19FN4O3S/c1-12(11-25)24-28(26,27)18-5-3-2-4-16(18)13-6-7-15(17(20)8-13)14-9-22-19(21)23-10-14/h2-10,12,24-25H,11H2,1H3,(H2,21,22,23). The Labute approximate surface area is 162 Å². The number of sulfonamides is 1. The molecule has 2 aromatic carbocycles. The Balaban J connectivity index is 2.03. The SMILES string of the molecule is CC(CO)NS(=O)(=O)c1ccccc1-c1ccc(-c2cnc(N)nc2)c(F)c1. The summed E-state index contributed by atoms with van der Waals surface area (Å²) in [7, 11) is -3.90. The number of benzene rings is 2. The van der Waals surface area contributed by atoms with E-state index in [9.17, 15) is 12.8 Å². The molecule has 0 saturated carbocycles. The second-order valence-corrected chi connectivity index (χ2v) is 7.91. The second-order valence-electron chi connectivity index (χ2n) is 6.23. The third-order valence-electron chi connectivity index (χ3n) is 4.07. The van der Waals surface area contributed by atoms with E-state index >= 15 is 0 Å². The molecule has 1 unspecified atom stereocenters. The third-order valence-corrected chi connectivity index (χ3v) is 5.72. The zero-order valence-electron chi connectivity index (χ0n) is 15.0. The minimum Gasteiger partial charge on any atom is -0.395 e. The van der Waals surface area contributed by atoms with Crippen molar-refractivity contribution in [2.45, 2.75) is 17.9 Å². The van der Waals surface area contributed by atoms with Gasteiger partial charge in [0.2, 0.25) is 16.0 Å². The highest BCUT2D eigenvalue weighted by Gasteiger charge is 2.21. The van der Waals surface area contributed by atoms with Crippen LogP contribution < -0.4 is 10.5 Å². The predicted octanol–water partition coefficient (Wildman–Crippen LogP) is 2.19. The van der Waals surface area contributed by atoms with Gasteiger partial charge in [0.15, 0.2) is 0 Å². The van der Waals surface area contributed by atoms with Gasteiger partial charge in [0.1, 0.15) is 5.82 Å². The third kappa shape index (κ3) is 4.16. The number of nitrogens with one attached hydrogen (secondary N) is 1. The van der Waals surface area contributed by atoms with Crippen LogP contribution in [-0.2, 0) is 10.0 Å². The molecule has 1 atom stereocenters. The van der Waals surface area contributed by atoms with E-state index in [4.69, 9.17) is 10.8 Å². The van der Waals surface area contributed by atoms with E-state index in [0.717, 1.165) is 0 Å². The van der Waals surface area contributed by atoms with Gasteiger partial charge in [-0.2, -0.15) is 0 Å². The number of anilines is 1. The lowest BCUT2D eigenvalue weighted by Crippen LogP contribution is -2.35. The van der Waals surface area contributed by atoms with Crippen molar-refractivity contribution in [2.24, 2.45) is 0 Å². The fourth-order valence-electron chi connectivity index (χ4n) is 2.70. The summed E-state index contributed by atoms with van der Waals surface area (Å²) in [6, 6.07) is 10.0. The summed E-state index contributed by atoms with van der Waals surface area (Å²) in [5.41, 5.74) is 6.93. The summed E-state index contributed by atoms with van der Waals surface area (Å²) < 4.78 is 42.4. The Bertz CT molecular complexity index is 1090. The van der Waals surface area contributed by atoms with Crippen molar-refractivity contribution in [1.82, 2.24) is 14.7 Å². The lowest BCUT2D eigenvalue weighted by Gasteiger charge is -2.15. The molecule has 9 heteroatoms. The number of aliphatic hydroxyl groups is 1. The maximum Gasteiger partial charge on any atom is 0.241 e. The van der Waals surface area contributed by atoms with Gasteiger partial charge in [0, 0.05) is 35.1 Å². The van der Waals surface area contributed by atoms with Gasteiger partial charge in [-0.3, -0.25) is 0 Å². The van der Waals surface area contributed by atoms with Crippen LogP contribution in [0.3, 0.4) is 0 Å². The molecule has 3 aromatic rings. The predicted molar refractivity (Wildman–Crippen MR) is 104 cm³/mol. The molecule has 0 aliphatic rings. The Kier molecular flexibility index (Phi) is 5.68. The number of nitrogen functional groups attached to an aromatic ring is 1. The zero-order valence-corrected chi connectivity index (χ0v) is 15.8. The molecule has 0 saturated heterocycles. The number of nitrogens with two attached hydrogens (primary N) is 1. The molecule has 0 aliphatic heterocycles. The van der Waals surface area contributed by atoms with E-state index in [1.165, 1.54) is 30.6 Å². The van der Waals surface area contributed by atoms with Crippen LogP contribution in [0.25, 0.3) is 22.3 Å². The first-order valence-electron chi connectivity index (χ1n) is 8.42. The van der Waals surface area contributed by atoms with Crippen LogP contribution in [0.2, 0.25) is 0 Å². The van der Waals surface area contributed by atoms with Gasteiger partial charge in [-0.25, -0.2) is 27.5 Å².